The summed E-state index contributed by atoms with van der Waals surface area (Å²) in [5.41, 5.74) is 2.64. The molecule has 10 heteroatoms. The summed E-state index contributed by atoms with van der Waals surface area (Å²) in [6.45, 7) is 2.18. The molecule has 0 aliphatic rings. The standard InChI is InChI=1S/C23H19N5O3S2/c1-2-31-19-6-3-4-8-21(19)33(29,30)27-17-11-9-16(10-12-17)18-13-14-22-24-25-23(28(22)26-18)20-7-5-15-32-20/h3-15,27H,2H2,1H3. The number of ether oxygens (including phenoxy) is 1. The zero-order valence-electron chi connectivity index (χ0n) is 17.5. The molecule has 3 heterocycles. The van der Waals surface area contributed by atoms with E-state index in [2.05, 4.69) is 20.0 Å². The molecule has 0 radical (unpaired) electrons. The molecule has 0 aliphatic heterocycles. The van der Waals surface area contributed by atoms with E-state index in [1.54, 1.807) is 46.2 Å². The van der Waals surface area contributed by atoms with Gasteiger partial charge in [0.15, 0.2) is 11.5 Å². The van der Waals surface area contributed by atoms with Gasteiger partial charge in [0, 0.05) is 11.3 Å². The summed E-state index contributed by atoms with van der Waals surface area (Å²) in [6, 6.07) is 21.2. The van der Waals surface area contributed by atoms with Crippen LogP contribution in [0, 0.1) is 0 Å². The first-order valence-electron chi connectivity index (χ1n) is 10.2. The summed E-state index contributed by atoms with van der Waals surface area (Å²) in [5.74, 6) is 0.997. The van der Waals surface area contributed by atoms with Gasteiger partial charge in [-0.15, -0.1) is 21.5 Å². The second-order valence-electron chi connectivity index (χ2n) is 7.05. The minimum atomic E-state index is -3.81. The van der Waals surface area contributed by atoms with Crippen LogP contribution in [0.5, 0.6) is 5.75 Å². The molecule has 0 spiro atoms. The third-order valence-corrected chi connectivity index (χ3v) is 7.16. The summed E-state index contributed by atoms with van der Waals surface area (Å²) in [5, 5.41) is 15.1. The molecule has 0 fully saturated rings. The third-order valence-electron chi connectivity index (χ3n) is 4.88. The fourth-order valence-corrected chi connectivity index (χ4v) is 5.27. The van der Waals surface area contributed by atoms with Crippen LogP contribution in [0.3, 0.4) is 0 Å². The zero-order chi connectivity index (χ0) is 22.8. The number of nitrogens with zero attached hydrogens (tertiary/aromatic N) is 4. The number of rotatable bonds is 7. The number of hydrogen-bond donors (Lipinski definition) is 1. The van der Waals surface area contributed by atoms with Crippen molar-refractivity contribution in [2.45, 2.75) is 11.8 Å². The maximum Gasteiger partial charge on any atom is 0.265 e. The van der Waals surface area contributed by atoms with Gasteiger partial charge < -0.3 is 4.74 Å². The Balaban J connectivity index is 1.42. The lowest BCUT2D eigenvalue weighted by Crippen LogP contribution is -2.14. The van der Waals surface area contributed by atoms with Crippen LogP contribution in [-0.4, -0.2) is 34.8 Å². The summed E-state index contributed by atoms with van der Waals surface area (Å²) in [7, 11) is -3.81. The molecule has 0 saturated heterocycles. The SMILES string of the molecule is CCOc1ccccc1S(=O)(=O)Nc1ccc(-c2ccc3nnc(-c4cccs4)n3n2)cc1. The molecule has 166 valence electrons. The molecule has 3 aromatic heterocycles. The molecular formula is C23H19N5O3S2. The van der Waals surface area contributed by atoms with Gasteiger partial charge in [0.05, 0.1) is 17.2 Å². The second-order valence-corrected chi connectivity index (χ2v) is 9.65. The fraction of sp³-hybridized carbons (Fsp3) is 0.0870. The maximum absolute atomic E-state index is 12.9. The number of nitrogens with one attached hydrogen (secondary N) is 1. The Kier molecular flexibility index (Phi) is 5.53. The van der Waals surface area contributed by atoms with Gasteiger partial charge in [-0.25, -0.2) is 8.42 Å². The Morgan fingerprint density at radius 3 is 2.55 bits per heavy atom. The lowest BCUT2D eigenvalue weighted by molar-refractivity contribution is 0.331. The normalized spacial score (nSPS) is 11.5. The smallest absolute Gasteiger partial charge is 0.265 e. The van der Waals surface area contributed by atoms with Crippen LogP contribution in [0.15, 0.2) is 83.1 Å². The van der Waals surface area contributed by atoms with Gasteiger partial charge >= 0.3 is 0 Å². The van der Waals surface area contributed by atoms with E-state index < -0.39 is 10.0 Å². The predicted molar refractivity (Wildman–Crippen MR) is 128 cm³/mol. The highest BCUT2D eigenvalue weighted by molar-refractivity contribution is 7.92. The molecule has 0 amide bonds. The van der Waals surface area contributed by atoms with Crippen LogP contribution in [0.4, 0.5) is 5.69 Å². The highest BCUT2D eigenvalue weighted by Crippen LogP contribution is 2.28. The molecule has 8 nitrogen and oxygen atoms in total. The average molecular weight is 478 g/mol. The lowest BCUT2D eigenvalue weighted by Gasteiger charge is -2.12. The van der Waals surface area contributed by atoms with Crippen molar-refractivity contribution in [1.82, 2.24) is 19.8 Å². The lowest BCUT2D eigenvalue weighted by atomic mass is 10.1. The minimum Gasteiger partial charge on any atom is -0.492 e. The summed E-state index contributed by atoms with van der Waals surface area (Å²) in [4.78, 5) is 1.07. The molecule has 0 saturated carbocycles. The highest BCUT2D eigenvalue weighted by Gasteiger charge is 2.19. The first-order valence-corrected chi connectivity index (χ1v) is 12.5. The van der Waals surface area contributed by atoms with Crippen LogP contribution in [0.1, 0.15) is 6.92 Å². The molecule has 2 aromatic carbocycles. The molecule has 0 atom stereocenters. The molecule has 5 aromatic rings. The van der Waals surface area contributed by atoms with E-state index in [0.29, 0.717) is 29.5 Å². The highest BCUT2D eigenvalue weighted by atomic mass is 32.2. The van der Waals surface area contributed by atoms with Gasteiger partial charge in [-0.1, -0.05) is 30.3 Å². The third kappa shape index (κ3) is 4.18. The van der Waals surface area contributed by atoms with E-state index in [0.717, 1.165) is 16.1 Å². The number of aromatic nitrogens is 4. The number of hydrogen-bond acceptors (Lipinski definition) is 7. The molecular weight excluding hydrogens is 458 g/mol. The monoisotopic (exact) mass is 477 g/mol. The average Bonchev–Trinajstić information content (AvgIpc) is 3.49. The van der Waals surface area contributed by atoms with Crippen LogP contribution in [0.25, 0.3) is 27.6 Å². The first-order chi connectivity index (χ1) is 16.0. The molecule has 0 bridgehead atoms. The summed E-state index contributed by atoms with van der Waals surface area (Å²) < 4.78 is 35.6. The van der Waals surface area contributed by atoms with Crippen molar-refractivity contribution in [2.24, 2.45) is 0 Å². The minimum absolute atomic E-state index is 0.0942. The van der Waals surface area contributed by atoms with E-state index >= 15 is 0 Å². The van der Waals surface area contributed by atoms with Gasteiger partial charge in [-0.05, 0) is 54.8 Å². The fourth-order valence-electron chi connectivity index (χ4n) is 3.37. The topological polar surface area (TPSA) is 98.5 Å². The van der Waals surface area contributed by atoms with Crippen molar-refractivity contribution in [3.05, 3.63) is 78.2 Å². The van der Waals surface area contributed by atoms with Crippen molar-refractivity contribution in [3.63, 3.8) is 0 Å². The number of fused-ring (bicyclic) bond motifs is 1. The van der Waals surface area contributed by atoms with Crippen LogP contribution >= 0.6 is 11.3 Å². The number of benzene rings is 2. The van der Waals surface area contributed by atoms with E-state index in [9.17, 15) is 8.42 Å². The summed E-state index contributed by atoms with van der Waals surface area (Å²) >= 11 is 1.57. The quantitative estimate of drug-likeness (QED) is 0.364. The van der Waals surface area contributed by atoms with E-state index in [1.807, 2.05) is 48.7 Å². The van der Waals surface area contributed by atoms with Crippen molar-refractivity contribution in [3.8, 4) is 27.7 Å². The molecule has 33 heavy (non-hydrogen) atoms. The van der Waals surface area contributed by atoms with Crippen LogP contribution in [0.2, 0.25) is 0 Å². The van der Waals surface area contributed by atoms with Gasteiger partial charge in [0.2, 0.25) is 0 Å². The molecule has 5 rings (SSSR count). The molecule has 0 aliphatic carbocycles. The zero-order valence-corrected chi connectivity index (χ0v) is 19.2. The molecule has 1 N–H and O–H groups in total. The van der Waals surface area contributed by atoms with E-state index in [4.69, 9.17) is 4.74 Å². The van der Waals surface area contributed by atoms with Gasteiger partial charge in [0.25, 0.3) is 10.0 Å². The predicted octanol–water partition coefficient (Wildman–Crippen LogP) is 4.72. The summed E-state index contributed by atoms with van der Waals surface area (Å²) in [6.07, 6.45) is 0. The van der Waals surface area contributed by atoms with Gasteiger partial charge in [0.1, 0.15) is 10.6 Å². The van der Waals surface area contributed by atoms with Crippen LogP contribution in [-0.2, 0) is 10.0 Å². The number of thiophene rings is 1. The Labute approximate surface area is 194 Å². The Morgan fingerprint density at radius 2 is 1.79 bits per heavy atom. The molecule has 0 unspecified atom stereocenters. The number of sulfonamides is 1. The van der Waals surface area contributed by atoms with Crippen molar-refractivity contribution in [1.29, 1.82) is 0 Å². The number of para-hydroxylation sites is 1. The largest absolute Gasteiger partial charge is 0.492 e. The Morgan fingerprint density at radius 1 is 0.970 bits per heavy atom. The van der Waals surface area contributed by atoms with Crippen LogP contribution < -0.4 is 9.46 Å². The van der Waals surface area contributed by atoms with E-state index in [-0.39, 0.29) is 4.90 Å². The van der Waals surface area contributed by atoms with E-state index in [1.165, 1.54) is 6.07 Å². The van der Waals surface area contributed by atoms with Crippen molar-refractivity contribution >= 4 is 32.7 Å². The van der Waals surface area contributed by atoms with Crippen molar-refractivity contribution < 1.29 is 13.2 Å². The first kappa shape index (κ1) is 21.1. The van der Waals surface area contributed by atoms with Gasteiger partial charge in [-0.2, -0.15) is 9.61 Å². The maximum atomic E-state index is 12.9. The van der Waals surface area contributed by atoms with Crippen molar-refractivity contribution in [2.75, 3.05) is 11.3 Å². The Bertz CT molecular complexity index is 1510. The second kappa shape index (κ2) is 8.64. The Hall–Kier alpha value is -3.76. The van der Waals surface area contributed by atoms with Gasteiger partial charge in [-0.3, -0.25) is 4.72 Å². The number of anilines is 1.